The average Bonchev–Trinajstić information content (AvgIpc) is 2.35. The Kier molecular flexibility index (Phi) is 4.14. The molecule has 2 rings (SSSR count). The maximum absolute atomic E-state index is 12.3. The zero-order valence-electron chi connectivity index (χ0n) is 11.1. The summed E-state index contributed by atoms with van der Waals surface area (Å²) in [5.74, 6) is 0.509. The summed E-state index contributed by atoms with van der Waals surface area (Å²) in [6, 6.07) is 5.53. The normalized spacial score (nSPS) is 20.4. The van der Waals surface area contributed by atoms with Crippen LogP contribution in [0.1, 0.15) is 43.2 Å². The molecule has 1 fully saturated rings. The van der Waals surface area contributed by atoms with Crippen LogP contribution in [0.5, 0.6) is 5.75 Å². The summed E-state index contributed by atoms with van der Waals surface area (Å²) in [7, 11) is -3.52. The fourth-order valence-corrected chi connectivity index (χ4v) is 3.99. The minimum Gasteiger partial charge on any atom is -0.424 e. The lowest BCUT2D eigenvalue weighted by Gasteiger charge is -2.26. The molecule has 1 saturated carbocycles. The molecule has 3 nitrogen and oxygen atoms in total. The Balaban J connectivity index is 2.11. The molecular formula is C14H21O3P. The van der Waals surface area contributed by atoms with Gasteiger partial charge in [-0.3, -0.25) is 0 Å². The Labute approximate surface area is 109 Å². The van der Waals surface area contributed by atoms with E-state index in [9.17, 15) is 9.46 Å². The maximum atomic E-state index is 12.3. The second-order valence-electron chi connectivity index (χ2n) is 5.19. The summed E-state index contributed by atoms with van der Waals surface area (Å²) < 4.78 is 17.7. The molecule has 0 amide bonds. The number of aryl methyl sites for hydroxylation is 2. The number of hydrogen-bond acceptors (Lipinski definition) is 2. The third kappa shape index (κ3) is 3.15. The van der Waals surface area contributed by atoms with E-state index in [1.165, 1.54) is 6.42 Å². The number of hydrogen-bond donors (Lipinski definition) is 1. The molecule has 0 aromatic heterocycles. The third-order valence-electron chi connectivity index (χ3n) is 3.75. The van der Waals surface area contributed by atoms with Gasteiger partial charge in [-0.15, -0.1) is 0 Å². The standard InChI is InChI=1S/C14H21O3P/c1-11-8-9-13(10-12(11)2)17-18(15,16)14-6-4-3-5-7-14/h8-10,14H,3-7H2,1-2H3,(H,15,16). The Morgan fingerprint density at radius 1 is 1.17 bits per heavy atom. The summed E-state index contributed by atoms with van der Waals surface area (Å²) in [4.78, 5) is 10.1. The van der Waals surface area contributed by atoms with Crippen molar-refractivity contribution < 1.29 is 14.0 Å². The van der Waals surface area contributed by atoms with Gasteiger partial charge in [-0.1, -0.05) is 25.3 Å². The van der Waals surface area contributed by atoms with Crippen LogP contribution in [0.2, 0.25) is 0 Å². The molecule has 1 atom stereocenters. The average molecular weight is 268 g/mol. The van der Waals surface area contributed by atoms with Gasteiger partial charge in [0.1, 0.15) is 5.75 Å². The van der Waals surface area contributed by atoms with E-state index in [-0.39, 0.29) is 5.66 Å². The number of rotatable bonds is 3. The van der Waals surface area contributed by atoms with Crippen molar-refractivity contribution >= 4 is 7.60 Å². The van der Waals surface area contributed by atoms with Gasteiger partial charge in [-0.05, 0) is 49.9 Å². The summed E-state index contributed by atoms with van der Waals surface area (Å²) >= 11 is 0. The van der Waals surface area contributed by atoms with Crippen LogP contribution in [-0.2, 0) is 4.57 Å². The Morgan fingerprint density at radius 3 is 2.44 bits per heavy atom. The Hall–Kier alpha value is -0.790. The highest BCUT2D eigenvalue weighted by atomic mass is 31.2. The molecule has 4 heteroatoms. The molecule has 1 aliphatic rings. The van der Waals surface area contributed by atoms with E-state index in [0.717, 1.165) is 36.8 Å². The minimum atomic E-state index is -3.52. The molecule has 0 spiro atoms. The van der Waals surface area contributed by atoms with Crippen molar-refractivity contribution in [3.05, 3.63) is 29.3 Å². The predicted octanol–water partition coefficient (Wildman–Crippen LogP) is 4.20. The van der Waals surface area contributed by atoms with Crippen molar-refractivity contribution in [1.82, 2.24) is 0 Å². The molecule has 1 unspecified atom stereocenters. The van der Waals surface area contributed by atoms with E-state index < -0.39 is 7.60 Å². The van der Waals surface area contributed by atoms with Gasteiger partial charge in [0.05, 0.1) is 5.66 Å². The molecular weight excluding hydrogens is 247 g/mol. The smallest absolute Gasteiger partial charge is 0.379 e. The molecule has 1 aromatic rings. The molecule has 0 aliphatic heterocycles. The van der Waals surface area contributed by atoms with Crippen LogP contribution in [0.15, 0.2) is 18.2 Å². The summed E-state index contributed by atoms with van der Waals surface area (Å²) in [5, 5.41) is 0. The van der Waals surface area contributed by atoms with Crippen molar-refractivity contribution in [1.29, 1.82) is 0 Å². The highest BCUT2D eigenvalue weighted by Gasteiger charge is 2.34. The lowest BCUT2D eigenvalue weighted by molar-refractivity contribution is 0.343. The van der Waals surface area contributed by atoms with E-state index in [0.29, 0.717) is 5.75 Å². The SMILES string of the molecule is Cc1ccc(OP(=O)(O)C2CCCCC2)cc1C. The van der Waals surface area contributed by atoms with Crippen LogP contribution in [-0.4, -0.2) is 10.6 Å². The van der Waals surface area contributed by atoms with Crippen molar-refractivity contribution in [3.63, 3.8) is 0 Å². The lowest BCUT2D eigenvalue weighted by Crippen LogP contribution is -2.16. The zero-order valence-corrected chi connectivity index (χ0v) is 12.0. The van der Waals surface area contributed by atoms with Gasteiger partial charge in [-0.2, -0.15) is 0 Å². The predicted molar refractivity (Wildman–Crippen MR) is 73.2 cm³/mol. The fourth-order valence-electron chi connectivity index (χ4n) is 2.40. The second kappa shape index (κ2) is 5.46. The quantitative estimate of drug-likeness (QED) is 0.836. The highest BCUT2D eigenvalue weighted by molar-refractivity contribution is 7.54. The topological polar surface area (TPSA) is 46.5 Å². The number of benzene rings is 1. The molecule has 0 saturated heterocycles. The Morgan fingerprint density at radius 2 is 1.83 bits per heavy atom. The second-order valence-corrected chi connectivity index (χ2v) is 7.23. The van der Waals surface area contributed by atoms with Gasteiger partial charge in [-0.25, -0.2) is 4.57 Å². The van der Waals surface area contributed by atoms with Gasteiger partial charge < -0.3 is 9.42 Å². The molecule has 1 aliphatic carbocycles. The van der Waals surface area contributed by atoms with E-state index in [2.05, 4.69) is 0 Å². The zero-order chi connectivity index (χ0) is 13.2. The first-order valence-corrected chi connectivity index (χ1v) is 8.23. The molecule has 0 heterocycles. The first-order chi connectivity index (χ1) is 8.49. The Bertz CT molecular complexity index is 464. The van der Waals surface area contributed by atoms with Crippen LogP contribution < -0.4 is 4.52 Å². The largest absolute Gasteiger partial charge is 0.424 e. The van der Waals surface area contributed by atoms with E-state index in [4.69, 9.17) is 4.52 Å². The van der Waals surface area contributed by atoms with Crippen molar-refractivity contribution in [2.45, 2.75) is 51.6 Å². The molecule has 18 heavy (non-hydrogen) atoms. The summed E-state index contributed by atoms with van der Waals surface area (Å²) in [6.07, 6.45) is 4.84. The van der Waals surface area contributed by atoms with Crippen LogP contribution >= 0.6 is 7.60 Å². The monoisotopic (exact) mass is 268 g/mol. The molecule has 0 radical (unpaired) electrons. The molecule has 100 valence electrons. The van der Waals surface area contributed by atoms with E-state index in [1.807, 2.05) is 26.0 Å². The summed E-state index contributed by atoms with van der Waals surface area (Å²) in [5.41, 5.74) is 2.05. The van der Waals surface area contributed by atoms with Crippen molar-refractivity contribution in [2.75, 3.05) is 0 Å². The first kappa shape index (κ1) is 13.6. The molecule has 1 N–H and O–H groups in total. The maximum Gasteiger partial charge on any atom is 0.379 e. The van der Waals surface area contributed by atoms with Crippen LogP contribution in [0.3, 0.4) is 0 Å². The van der Waals surface area contributed by atoms with Crippen molar-refractivity contribution in [3.8, 4) is 5.75 Å². The van der Waals surface area contributed by atoms with Crippen molar-refractivity contribution in [2.24, 2.45) is 0 Å². The van der Waals surface area contributed by atoms with Crippen LogP contribution in [0.25, 0.3) is 0 Å². The first-order valence-electron chi connectivity index (χ1n) is 6.58. The lowest BCUT2D eigenvalue weighted by atomic mass is 10.0. The van der Waals surface area contributed by atoms with Gasteiger partial charge >= 0.3 is 7.60 Å². The van der Waals surface area contributed by atoms with Gasteiger partial charge in [0.15, 0.2) is 0 Å². The van der Waals surface area contributed by atoms with Gasteiger partial charge in [0.25, 0.3) is 0 Å². The van der Waals surface area contributed by atoms with Crippen LogP contribution in [0, 0.1) is 13.8 Å². The molecule has 0 bridgehead atoms. The molecule has 1 aromatic carbocycles. The minimum absolute atomic E-state index is 0.187. The third-order valence-corrected chi connectivity index (χ3v) is 5.66. The van der Waals surface area contributed by atoms with Gasteiger partial charge in [0, 0.05) is 0 Å². The van der Waals surface area contributed by atoms with Gasteiger partial charge in [0.2, 0.25) is 0 Å². The van der Waals surface area contributed by atoms with E-state index >= 15 is 0 Å². The highest BCUT2D eigenvalue weighted by Crippen LogP contribution is 2.52. The summed E-state index contributed by atoms with van der Waals surface area (Å²) in [6.45, 7) is 3.99. The van der Waals surface area contributed by atoms with Crippen LogP contribution in [0.4, 0.5) is 0 Å². The van der Waals surface area contributed by atoms with E-state index in [1.54, 1.807) is 6.07 Å². The fraction of sp³-hybridized carbons (Fsp3) is 0.571.